The van der Waals surface area contributed by atoms with Gasteiger partial charge >= 0.3 is 0 Å². The summed E-state index contributed by atoms with van der Waals surface area (Å²) in [6.45, 7) is 5.84. The van der Waals surface area contributed by atoms with E-state index in [0.29, 0.717) is 15.8 Å². The van der Waals surface area contributed by atoms with Crippen LogP contribution in [-0.2, 0) is 0 Å². The molecule has 3 rings (SSSR count). The first-order valence-corrected chi connectivity index (χ1v) is 8.83. The van der Waals surface area contributed by atoms with E-state index >= 15 is 0 Å². The van der Waals surface area contributed by atoms with Gasteiger partial charge in [-0.2, -0.15) is 0 Å². The molecule has 2 atom stereocenters. The lowest BCUT2D eigenvalue weighted by atomic mass is 9.95. The lowest BCUT2D eigenvalue weighted by molar-refractivity contribution is 0.0917. The van der Waals surface area contributed by atoms with Crippen LogP contribution in [0.3, 0.4) is 0 Å². The van der Waals surface area contributed by atoms with E-state index in [0.717, 1.165) is 25.1 Å². The van der Waals surface area contributed by atoms with Crippen molar-refractivity contribution in [2.24, 2.45) is 5.92 Å². The van der Waals surface area contributed by atoms with Crippen LogP contribution in [0.2, 0.25) is 0 Å². The first kappa shape index (κ1) is 19.5. The molecule has 1 aliphatic heterocycles. The molecule has 0 bridgehead atoms. The average molecular weight is 384 g/mol. The van der Waals surface area contributed by atoms with Crippen molar-refractivity contribution < 1.29 is 14.0 Å². The molecule has 0 radical (unpaired) electrons. The highest BCUT2D eigenvalue weighted by molar-refractivity contribution is 7.18. The molecule has 0 saturated carbocycles. The minimum Gasteiger partial charge on any atom is -0.459 e. The third-order valence-corrected chi connectivity index (χ3v) is 5.36. The van der Waals surface area contributed by atoms with Crippen LogP contribution in [0.4, 0.5) is 5.00 Å². The van der Waals surface area contributed by atoms with Gasteiger partial charge in [-0.3, -0.25) is 9.59 Å². The van der Waals surface area contributed by atoms with E-state index in [-0.39, 0.29) is 36.0 Å². The number of carbonyl (C=O) groups excluding carboxylic acids is 2. The lowest BCUT2D eigenvalue weighted by Crippen LogP contribution is -2.48. The fourth-order valence-corrected chi connectivity index (χ4v) is 3.78. The molecule has 0 aliphatic carbocycles. The Bertz CT molecular complexity index is 730. The first-order chi connectivity index (χ1) is 11.5. The Morgan fingerprint density at radius 1 is 1.36 bits per heavy atom. The number of amides is 2. The first-order valence-electron chi connectivity index (χ1n) is 8.01. The maximum Gasteiger partial charge on any atom is 0.291 e. The normalized spacial score (nSPS) is 19.8. The van der Waals surface area contributed by atoms with Crippen LogP contribution >= 0.6 is 23.7 Å². The van der Waals surface area contributed by atoms with Gasteiger partial charge in [-0.05, 0) is 56.1 Å². The van der Waals surface area contributed by atoms with Crippen LogP contribution in [0, 0.1) is 12.8 Å². The van der Waals surface area contributed by atoms with Gasteiger partial charge in [-0.15, -0.1) is 23.7 Å². The van der Waals surface area contributed by atoms with Crippen LogP contribution in [0.15, 0.2) is 28.9 Å². The number of hydrogen-bond acceptors (Lipinski definition) is 5. The largest absolute Gasteiger partial charge is 0.459 e. The summed E-state index contributed by atoms with van der Waals surface area (Å²) in [7, 11) is 0. The van der Waals surface area contributed by atoms with Gasteiger partial charge in [-0.1, -0.05) is 6.92 Å². The number of hydrogen-bond donors (Lipinski definition) is 3. The van der Waals surface area contributed by atoms with Crippen LogP contribution < -0.4 is 16.0 Å². The maximum atomic E-state index is 12.6. The second kappa shape index (κ2) is 8.51. The monoisotopic (exact) mass is 383 g/mol. The van der Waals surface area contributed by atoms with E-state index in [1.54, 1.807) is 12.1 Å². The molecule has 2 amide bonds. The number of rotatable bonds is 4. The van der Waals surface area contributed by atoms with Gasteiger partial charge in [-0.25, -0.2) is 0 Å². The van der Waals surface area contributed by atoms with Gasteiger partial charge < -0.3 is 20.4 Å². The Kier molecular flexibility index (Phi) is 6.64. The zero-order valence-corrected chi connectivity index (χ0v) is 15.8. The number of furan rings is 1. The summed E-state index contributed by atoms with van der Waals surface area (Å²) in [5.41, 5.74) is 0.855. The van der Waals surface area contributed by atoms with E-state index in [4.69, 9.17) is 4.42 Å². The smallest absolute Gasteiger partial charge is 0.291 e. The minimum absolute atomic E-state index is 0. The van der Waals surface area contributed by atoms with Gasteiger partial charge in [0.25, 0.3) is 11.8 Å². The molecule has 1 fully saturated rings. The molecule has 6 nitrogen and oxygen atoms in total. The average Bonchev–Trinajstić information content (AvgIpc) is 3.19. The molecule has 3 heterocycles. The highest BCUT2D eigenvalue weighted by Crippen LogP contribution is 2.27. The van der Waals surface area contributed by atoms with E-state index in [1.807, 2.05) is 13.0 Å². The highest BCUT2D eigenvalue weighted by Gasteiger charge is 2.24. The molecule has 1 aliphatic rings. The Hall–Kier alpha value is -1.83. The van der Waals surface area contributed by atoms with E-state index in [1.165, 1.54) is 17.6 Å². The topological polar surface area (TPSA) is 83.4 Å². The third-order valence-electron chi connectivity index (χ3n) is 4.21. The van der Waals surface area contributed by atoms with Crippen LogP contribution in [0.1, 0.15) is 39.1 Å². The second-order valence-electron chi connectivity index (χ2n) is 6.10. The zero-order chi connectivity index (χ0) is 17.1. The minimum atomic E-state index is -0.319. The molecule has 2 unspecified atom stereocenters. The number of piperidine rings is 1. The standard InChI is InChI=1S/C17H21N3O3S.ClH/c1-10-8-14(20-16(21)13-4-3-7-23-13)24-15(10)17(22)19-12-5-6-18-9-11(12)2;/h3-4,7-8,11-12,18H,5-6,9H2,1-2H3,(H,19,22)(H,20,21);1H. The molecule has 136 valence electrons. The Labute approximate surface area is 156 Å². The molecule has 8 heteroatoms. The summed E-state index contributed by atoms with van der Waals surface area (Å²) in [6.07, 6.45) is 2.38. The Morgan fingerprint density at radius 2 is 2.16 bits per heavy atom. The molecule has 0 aromatic carbocycles. The van der Waals surface area contributed by atoms with Crippen LogP contribution in [-0.4, -0.2) is 30.9 Å². The maximum absolute atomic E-state index is 12.6. The van der Waals surface area contributed by atoms with E-state index < -0.39 is 0 Å². The summed E-state index contributed by atoms with van der Waals surface area (Å²) >= 11 is 1.28. The molecule has 0 spiro atoms. The van der Waals surface area contributed by atoms with Crippen LogP contribution in [0.5, 0.6) is 0 Å². The Morgan fingerprint density at radius 3 is 2.84 bits per heavy atom. The zero-order valence-electron chi connectivity index (χ0n) is 14.1. The number of halogens is 1. The van der Waals surface area contributed by atoms with Gasteiger partial charge in [0.1, 0.15) is 0 Å². The molecule has 3 N–H and O–H groups in total. The van der Waals surface area contributed by atoms with Gasteiger partial charge in [0.15, 0.2) is 5.76 Å². The fourth-order valence-electron chi connectivity index (χ4n) is 2.81. The quantitative estimate of drug-likeness (QED) is 0.757. The number of anilines is 1. The highest BCUT2D eigenvalue weighted by atomic mass is 35.5. The number of nitrogens with one attached hydrogen (secondary N) is 3. The van der Waals surface area contributed by atoms with Crippen molar-refractivity contribution in [3.63, 3.8) is 0 Å². The predicted octanol–water partition coefficient (Wildman–Crippen LogP) is 3.05. The second-order valence-corrected chi connectivity index (χ2v) is 7.16. The van der Waals surface area contributed by atoms with Crippen molar-refractivity contribution in [2.45, 2.75) is 26.3 Å². The van der Waals surface area contributed by atoms with Crippen molar-refractivity contribution in [2.75, 3.05) is 18.4 Å². The van der Waals surface area contributed by atoms with Crippen molar-refractivity contribution in [1.82, 2.24) is 10.6 Å². The summed E-state index contributed by atoms with van der Waals surface area (Å²) in [6, 6.07) is 5.25. The van der Waals surface area contributed by atoms with Crippen molar-refractivity contribution in [1.29, 1.82) is 0 Å². The van der Waals surface area contributed by atoms with Crippen molar-refractivity contribution >= 4 is 40.6 Å². The molecule has 2 aromatic rings. The van der Waals surface area contributed by atoms with Gasteiger partial charge in [0, 0.05) is 6.04 Å². The third kappa shape index (κ3) is 4.62. The fraction of sp³-hybridized carbons (Fsp3) is 0.412. The number of thiophene rings is 1. The van der Waals surface area contributed by atoms with E-state index in [2.05, 4.69) is 22.9 Å². The van der Waals surface area contributed by atoms with Gasteiger partial charge in [0.2, 0.25) is 0 Å². The SMILES string of the molecule is Cc1cc(NC(=O)c2ccco2)sc1C(=O)NC1CCNCC1C.Cl. The summed E-state index contributed by atoms with van der Waals surface area (Å²) in [5.74, 6) is 0.256. The van der Waals surface area contributed by atoms with Crippen molar-refractivity contribution in [3.8, 4) is 0 Å². The summed E-state index contributed by atoms with van der Waals surface area (Å²) in [5, 5.41) is 9.85. The number of carbonyl (C=O) groups is 2. The predicted molar refractivity (Wildman–Crippen MR) is 101 cm³/mol. The Balaban J connectivity index is 0.00000225. The molecular formula is C17H22ClN3O3S. The molecule has 2 aromatic heterocycles. The van der Waals surface area contributed by atoms with Crippen molar-refractivity contribution in [3.05, 3.63) is 40.7 Å². The van der Waals surface area contributed by atoms with Crippen LogP contribution in [0.25, 0.3) is 0 Å². The van der Waals surface area contributed by atoms with Gasteiger partial charge in [0.05, 0.1) is 16.1 Å². The number of aryl methyl sites for hydroxylation is 1. The molecule has 1 saturated heterocycles. The lowest BCUT2D eigenvalue weighted by Gasteiger charge is -2.30. The summed E-state index contributed by atoms with van der Waals surface area (Å²) < 4.78 is 5.07. The molecule has 25 heavy (non-hydrogen) atoms. The molecular weight excluding hydrogens is 362 g/mol. The summed E-state index contributed by atoms with van der Waals surface area (Å²) in [4.78, 5) is 25.2. The van der Waals surface area contributed by atoms with E-state index in [9.17, 15) is 9.59 Å².